The number of hydrogen-bond donors (Lipinski definition) is 1. The number of carbonyl (C=O) groups is 1. The van der Waals surface area contributed by atoms with Crippen molar-refractivity contribution in [2.45, 2.75) is 51.8 Å². The van der Waals surface area contributed by atoms with Crippen LogP contribution in [0.25, 0.3) is 10.9 Å². The number of piperidine rings is 1. The van der Waals surface area contributed by atoms with Crippen LogP contribution in [0.2, 0.25) is 0 Å². The number of fused-ring (bicyclic) bond motifs is 1. The number of aliphatic hydroxyl groups is 1. The molecule has 0 spiro atoms. The molecule has 1 fully saturated rings. The minimum atomic E-state index is -0.768. The van der Waals surface area contributed by atoms with Gasteiger partial charge in [-0.1, -0.05) is 18.2 Å². The van der Waals surface area contributed by atoms with Gasteiger partial charge in [0.05, 0.1) is 12.1 Å². The van der Waals surface area contributed by atoms with E-state index in [2.05, 4.69) is 34.7 Å². The molecule has 0 saturated carbocycles. The van der Waals surface area contributed by atoms with Crippen molar-refractivity contribution < 1.29 is 9.90 Å². The topological polar surface area (TPSA) is 63.3 Å². The Morgan fingerprint density at radius 2 is 1.96 bits per heavy atom. The minimum Gasteiger partial charge on any atom is -0.388 e. The maximum Gasteiger partial charge on any atom is 0.224 e. The molecule has 1 saturated heterocycles. The lowest BCUT2D eigenvalue weighted by molar-refractivity contribution is -0.136. The Bertz CT molecular complexity index is 980. The van der Waals surface area contributed by atoms with Crippen molar-refractivity contribution >= 4 is 16.8 Å². The molecule has 0 unspecified atom stereocenters. The molecule has 6 nitrogen and oxygen atoms in total. The van der Waals surface area contributed by atoms with Gasteiger partial charge in [-0.3, -0.25) is 4.79 Å². The SMILES string of the molecule is Cc1nccn1CC1(O)CCN(C(=O)CCn2c(C)cc3ccccc32)CC1. The molecule has 2 aromatic heterocycles. The highest BCUT2D eigenvalue weighted by Crippen LogP contribution is 2.25. The molecule has 0 bridgehead atoms. The van der Waals surface area contributed by atoms with Gasteiger partial charge < -0.3 is 19.1 Å². The van der Waals surface area contributed by atoms with Gasteiger partial charge in [-0.2, -0.15) is 0 Å². The van der Waals surface area contributed by atoms with Gasteiger partial charge in [0.25, 0.3) is 0 Å². The Labute approximate surface area is 165 Å². The van der Waals surface area contributed by atoms with Gasteiger partial charge >= 0.3 is 0 Å². The van der Waals surface area contributed by atoms with E-state index < -0.39 is 5.60 Å². The van der Waals surface area contributed by atoms with Gasteiger partial charge in [0.15, 0.2) is 0 Å². The summed E-state index contributed by atoms with van der Waals surface area (Å²) in [5, 5.41) is 12.1. The van der Waals surface area contributed by atoms with Gasteiger partial charge in [0.1, 0.15) is 5.82 Å². The minimum absolute atomic E-state index is 0.165. The van der Waals surface area contributed by atoms with Crippen LogP contribution in [-0.2, 0) is 17.9 Å². The Balaban J connectivity index is 1.34. The summed E-state index contributed by atoms with van der Waals surface area (Å²) in [5.41, 5.74) is 1.59. The van der Waals surface area contributed by atoms with Gasteiger partial charge in [-0.25, -0.2) is 4.98 Å². The van der Waals surface area contributed by atoms with Gasteiger partial charge in [0, 0.05) is 49.7 Å². The largest absolute Gasteiger partial charge is 0.388 e. The summed E-state index contributed by atoms with van der Waals surface area (Å²) in [6.07, 6.45) is 5.33. The maximum absolute atomic E-state index is 12.7. The summed E-state index contributed by atoms with van der Waals surface area (Å²) in [6, 6.07) is 10.4. The Hall–Kier alpha value is -2.60. The molecule has 1 aliphatic heterocycles. The van der Waals surface area contributed by atoms with Crippen LogP contribution in [0.5, 0.6) is 0 Å². The molecule has 6 heteroatoms. The van der Waals surface area contributed by atoms with E-state index in [0.29, 0.717) is 45.4 Å². The summed E-state index contributed by atoms with van der Waals surface area (Å²) in [4.78, 5) is 18.9. The number of likely N-dealkylation sites (tertiary alicyclic amines) is 1. The third kappa shape index (κ3) is 3.69. The first-order valence-electron chi connectivity index (χ1n) is 9.98. The highest BCUT2D eigenvalue weighted by molar-refractivity contribution is 5.81. The van der Waals surface area contributed by atoms with Gasteiger partial charge in [0.2, 0.25) is 5.91 Å². The molecule has 0 aliphatic carbocycles. The van der Waals surface area contributed by atoms with Crippen LogP contribution in [0.4, 0.5) is 0 Å². The standard InChI is InChI=1S/C22H28N4O2/c1-17-15-19-5-3-4-6-20(19)26(17)11-7-21(27)24-12-8-22(28,9-13-24)16-25-14-10-23-18(25)2/h3-6,10,14-15,28H,7-9,11-13,16H2,1-2H3. The van der Waals surface area contributed by atoms with Crippen molar-refractivity contribution in [3.63, 3.8) is 0 Å². The molecular formula is C22H28N4O2. The van der Waals surface area contributed by atoms with Gasteiger partial charge in [-0.15, -0.1) is 0 Å². The number of amides is 1. The molecule has 1 aromatic carbocycles. The zero-order chi connectivity index (χ0) is 19.7. The van der Waals surface area contributed by atoms with Crippen LogP contribution >= 0.6 is 0 Å². The van der Waals surface area contributed by atoms with Crippen LogP contribution in [0, 0.1) is 13.8 Å². The van der Waals surface area contributed by atoms with Crippen LogP contribution < -0.4 is 0 Å². The van der Waals surface area contributed by atoms with Crippen molar-refractivity contribution in [2.24, 2.45) is 0 Å². The second-order valence-corrected chi connectivity index (χ2v) is 7.95. The fourth-order valence-corrected chi connectivity index (χ4v) is 4.23. The third-order valence-corrected chi connectivity index (χ3v) is 6.00. The molecule has 4 rings (SSSR count). The van der Waals surface area contributed by atoms with E-state index in [1.165, 1.54) is 16.6 Å². The fourth-order valence-electron chi connectivity index (χ4n) is 4.23. The fraction of sp³-hybridized carbons (Fsp3) is 0.455. The summed E-state index contributed by atoms with van der Waals surface area (Å²) in [7, 11) is 0. The molecule has 1 amide bonds. The van der Waals surface area contributed by atoms with Crippen molar-refractivity contribution in [1.82, 2.24) is 19.0 Å². The number of aromatic nitrogens is 3. The number of benzene rings is 1. The van der Waals surface area contributed by atoms with Crippen molar-refractivity contribution in [2.75, 3.05) is 13.1 Å². The number of aryl methyl sites for hydroxylation is 3. The van der Waals surface area contributed by atoms with Crippen LogP contribution in [0.1, 0.15) is 30.8 Å². The van der Waals surface area contributed by atoms with E-state index in [1.807, 2.05) is 34.7 Å². The third-order valence-electron chi connectivity index (χ3n) is 6.00. The van der Waals surface area contributed by atoms with E-state index in [4.69, 9.17) is 0 Å². The molecule has 3 heterocycles. The van der Waals surface area contributed by atoms with Crippen molar-refractivity contribution in [1.29, 1.82) is 0 Å². The Morgan fingerprint density at radius 3 is 2.68 bits per heavy atom. The van der Waals surface area contributed by atoms with Crippen molar-refractivity contribution in [3.05, 3.63) is 54.2 Å². The molecule has 3 aromatic rings. The number of imidazole rings is 1. The van der Waals surface area contributed by atoms with Crippen LogP contribution in [0.3, 0.4) is 0 Å². The smallest absolute Gasteiger partial charge is 0.224 e. The molecule has 0 radical (unpaired) electrons. The monoisotopic (exact) mass is 380 g/mol. The second kappa shape index (κ2) is 7.43. The summed E-state index contributed by atoms with van der Waals surface area (Å²) < 4.78 is 4.20. The van der Waals surface area contributed by atoms with Crippen LogP contribution in [0.15, 0.2) is 42.7 Å². The number of nitrogens with zero attached hydrogens (tertiary/aromatic N) is 4. The highest BCUT2D eigenvalue weighted by atomic mass is 16.3. The van der Waals surface area contributed by atoms with E-state index >= 15 is 0 Å². The predicted molar refractivity (Wildman–Crippen MR) is 109 cm³/mol. The summed E-state index contributed by atoms with van der Waals surface area (Å²) in [5.74, 6) is 1.07. The number of para-hydroxylation sites is 1. The average molecular weight is 380 g/mol. The Morgan fingerprint density at radius 1 is 1.21 bits per heavy atom. The lowest BCUT2D eigenvalue weighted by atomic mass is 9.91. The second-order valence-electron chi connectivity index (χ2n) is 7.95. The molecule has 148 valence electrons. The number of hydrogen-bond acceptors (Lipinski definition) is 3. The summed E-state index contributed by atoms with van der Waals surface area (Å²) >= 11 is 0. The maximum atomic E-state index is 12.7. The zero-order valence-corrected chi connectivity index (χ0v) is 16.6. The van der Waals surface area contributed by atoms with Crippen LogP contribution in [-0.4, -0.2) is 48.7 Å². The first kappa shape index (κ1) is 18.7. The zero-order valence-electron chi connectivity index (χ0n) is 16.6. The predicted octanol–water partition coefficient (Wildman–Crippen LogP) is 2.90. The average Bonchev–Trinajstić information content (AvgIpc) is 3.22. The highest BCUT2D eigenvalue weighted by Gasteiger charge is 2.34. The summed E-state index contributed by atoms with van der Waals surface area (Å²) in [6.45, 7) is 6.46. The Kier molecular flexibility index (Phi) is 4.98. The molecular weight excluding hydrogens is 352 g/mol. The quantitative estimate of drug-likeness (QED) is 0.740. The number of carbonyl (C=O) groups excluding carboxylic acids is 1. The molecule has 1 aliphatic rings. The first-order valence-corrected chi connectivity index (χ1v) is 9.98. The lowest BCUT2D eigenvalue weighted by Gasteiger charge is -2.38. The number of rotatable bonds is 5. The normalized spacial score (nSPS) is 16.6. The molecule has 28 heavy (non-hydrogen) atoms. The van der Waals surface area contributed by atoms with E-state index in [-0.39, 0.29) is 5.91 Å². The van der Waals surface area contributed by atoms with E-state index in [9.17, 15) is 9.90 Å². The molecule has 0 atom stereocenters. The first-order chi connectivity index (χ1) is 13.5. The lowest BCUT2D eigenvalue weighted by Crippen LogP contribution is -2.48. The molecule has 1 N–H and O–H groups in total. The van der Waals surface area contributed by atoms with Gasteiger partial charge in [-0.05, 0) is 44.2 Å². The van der Waals surface area contributed by atoms with E-state index in [0.717, 1.165) is 5.82 Å². The van der Waals surface area contributed by atoms with E-state index in [1.54, 1.807) is 6.20 Å². The van der Waals surface area contributed by atoms with Crippen molar-refractivity contribution in [3.8, 4) is 0 Å².